The van der Waals surface area contributed by atoms with Gasteiger partial charge in [0.2, 0.25) is 0 Å². The highest BCUT2D eigenvalue weighted by molar-refractivity contribution is 7.80. The van der Waals surface area contributed by atoms with Gasteiger partial charge in [0.25, 0.3) is 11.8 Å². The molecular weight excluding hydrogens is 430 g/mol. The number of carboxylic acids is 1. The summed E-state index contributed by atoms with van der Waals surface area (Å²) < 4.78 is 0. The molecule has 2 aromatic carbocycles. The number of thiocarbonyl (C=S) groups is 1. The van der Waals surface area contributed by atoms with Gasteiger partial charge in [-0.2, -0.15) is 0 Å². The third-order valence-electron chi connectivity index (χ3n) is 4.92. The van der Waals surface area contributed by atoms with Crippen LogP contribution in [-0.2, 0) is 16.1 Å². The maximum Gasteiger partial charge on any atom is 0.339 e. The molecule has 1 aliphatic rings. The summed E-state index contributed by atoms with van der Waals surface area (Å²) in [5.41, 5.74) is 2.18. The Hall–Kier alpha value is -4.24. The molecule has 0 unspecified atom stereocenters. The molecule has 9 heteroatoms. The van der Waals surface area contributed by atoms with Crippen LogP contribution in [0.3, 0.4) is 0 Å². The summed E-state index contributed by atoms with van der Waals surface area (Å²) in [6, 6.07) is 16.8. The van der Waals surface area contributed by atoms with Crippen LogP contribution in [-0.4, -0.2) is 43.0 Å². The van der Waals surface area contributed by atoms with Crippen molar-refractivity contribution in [2.24, 2.45) is 0 Å². The van der Waals surface area contributed by atoms with E-state index in [-0.39, 0.29) is 28.5 Å². The summed E-state index contributed by atoms with van der Waals surface area (Å²) in [4.78, 5) is 40.8. The molecule has 2 amide bonds. The lowest BCUT2D eigenvalue weighted by Crippen LogP contribution is -2.53. The first-order valence-electron chi connectivity index (χ1n) is 9.52. The minimum absolute atomic E-state index is 0.0437. The smallest absolute Gasteiger partial charge is 0.339 e. The minimum Gasteiger partial charge on any atom is -0.507 e. The Bertz CT molecular complexity index is 1280. The summed E-state index contributed by atoms with van der Waals surface area (Å²) in [6.07, 6.45) is 1.42. The number of benzene rings is 2. The number of rotatable bonds is 5. The number of nitrogens with zero attached hydrogens (tertiary/aromatic N) is 1. The highest BCUT2D eigenvalue weighted by atomic mass is 32.1. The molecule has 3 aromatic rings. The van der Waals surface area contributed by atoms with E-state index < -0.39 is 17.8 Å². The van der Waals surface area contributed by atoms with Crippen LogP contribution < -0.4 is 5.32 Å². The number of aromatic amines is 1. The summed E-state index contributed by atoms with van der Waals surface area (Å²) in [5.74, 6) is -2.70. The number of phenols is 1. The molecule has 0 saturated carbocycles. The fourth-order valence-electron chi connectivity index (χ4n) is 3.30. The van der Waals surface area contributed by atoms with Gasteiger partial charge in [-0.3, -0.25) is 19.8 Å². The van der Waals surface area contributed by atoms with E-state index in [1.807, 2.05) is 30.3 Å². The number of H-pyrrole nitrogens is 1. The zero-order valence-corrected chi connectivity index (χ0v) is 17.3. The number of aromatic nitrogens is 1. The average molecular weight is 447 g/mol. The fraction of sp³-hybridized carbons (Fsp3) is 0.0435. The summed E-state index contributed by atoms with van der Waals surface area (Å²) in [6.45, 7) is 0.224. The van der Waals surface area contributed by atoms with E-state index in [9.17, 15) is 19.5 Å². The van der Waals surface area contributed by atoms with Gasteiger partial charge in [0.1, 0.15) is 16.9 Å². The lowest BCUT2D eigenvalue weighted by molar-refractivity contribution is -0.129. The molecule has 1 aromatic heterocycles. The van der Waals surface area contributed by atoms with Gasteiger partial charge in [0.05, 0.1) is 6.54 Å². The summed E-state index contributed by atoms with van der Waals surface area (Å²) >= 11 is 5.18. The molecule has 32 heavy (non-hydrogen) atoms. The Kier molecular flexibility index (Phi) is 5.57. The number of amides is 2. The van der Waals surface area contributed by atoms with Gasteiger partial charge in [-0.1, -0.05) is 36.4 Å². The van der Waals surface area contributed by atoms with Crippen molar-refractivity contribution < 1.29 is 24.6 Å². The first-order chi connectivity index (χ1) is 15.3. The van der Waals surface area contributed by atoms with Gasteiger partial charge in [-0.25, -0.2) is 4.79 Å². The summed E-state index contributed by atoms with van der Waals surface area (Å²) in [5, 5.41) is 21.5. The Morgan fingerprint density at radius 3 is 2.50 bits per heavy atom. The van der Waals surface area contributed by atoms with Crippen LogP contribution >= 0.6 is 12.2 Å². The van der Waals surface area contributed by atoms with Crippen LogP contribution in [0.5, 0.6) is 5.75 Å². The molecule has 0 spiro atoms. The standard InChI is InChI=1S/C23H17N3O5S/c27-19-10-14(6-8-16(19)22(30)31)18-9-7-15(24-18)11-17-20(28)25-23(32)26(21(17)29)12-13-4-2-1-3-5-13/h1-11,24,27H,12H2,(H,30,31)(H,25,28,32)/b17-11-. The highest BCUT2D eigenvalue weighted by Gasteiger charge is 2.33. The van der Waals surface area contributed by atoms with E-state index in [2.05, 4.69) is 10.3 Å². The van der Waals surface area contributed by atoms with Gasteiger partial charge in [0.15, 0.2) is 5.11 Å². The quantitative estimate of drug-likeness (QED) is 0.271. The number of hydrogen-bond acceptors (Lipinski definition) is 5. The zero-order chi connectivity index (χ0) is 22.8. The molecule has 0 atom stereocenters. The highest BCUT2D eigenvalue weighted by Crippen LogP contribution is 2.27. The predicted octanol–water partition coefficient (Wildman–Crippen LogP) is 2.91. The van der Waals surface area contributed by atoms with E-state index in [4.69, 9.17) is 17.3 Å². The van der Waals surface area contributed by atoms with Crippen molar-refractivity contribution in [1.29, 1.82) is 0 Å². The fourth-order valence-corrected chi connectivity index (χ4v) is 3.54. The maximum absolute atomic E-state index is 13.0. The molecule has 2 heterocycles. The van der Waals surface area contributed by atoms with Crippen LogP contribution in [0.15, 0.2) is 66.2 Å². The topological polar surface area (TPSA) is 123 Å². The van der Waals surface area contributed by atoms with E-state index in [0.29, 0.717) is 17.0 Å². The van der Waals surface area contributed by atoms with Gasteiger partial charge in [0, 0.05) is 17.0 Å². The maximum atomic E-state index is 13.0. The molecule has 4 N–H and O–H groups in total. The first kappa shape index (κ1) is 21.0. The third kappa shape index (κ3) is 4.14. The van der Waals surface area contributed by atoms with Crippen LogP contribution in [0.2, 0.25) is 0 Å². The largest absolute Gasteiger partial charge is 0.507 e. The molecule has 1 saturated heterocycles. The van der Waals surface area contributed by atoms with Crippen molar-refractivity contribution >= 4 is 41.2 Å². The number of carbonyl (C=O) groups excluding carboxylic acids is 2. The zero-order valence-electron chi connectivity index (χ0n) is 16.5. The molecule has 0 radical (unpaired) electrons. The first-order valence-corrected chi connectivity index (χ1v) is 9.93. The van der Waals surface area contributed by atoms with Crippen molar-refractivity contribution in [2.75, 3.05) is 0 Å². The van der Waals surface area contributed by atoms with Crippen LogP contribution in [0, 0.1) is 0 Å². The lowest BCUT2D eigenvalue weighted by Gasteiger charge is -2.28. The SMILES string of the molecule is O=C1NC(=S)N(Cc2ccccc2)C(=O)/C1=C\c1ccc(-c2ccc(C(=O)O)c(O)c2)[nH]1. The average Bonchev–Trinajstić information content (AvgIpc) is 3.23. The minimum atomic E-state index is -1.23. The van der Waals surface area contributed by atoms with Crippen molar-refractivity contribution in [1.82, 2.24) is 15.2 Å². The van der Waals surface area contributed by atoms with E-state index in [1.165, 1.54) is 23.1 Å². The predicted molar refractivity (Wildman–Crippen MR) is 121 cm³/mol. The second kappa shape index (κ2) is 8.48. The number of carboxylic acid groups (broad SMARTS) is 1. The molecule has 8 nitrogen and oxygen atoms in total. The van der Waals surface area contributed by atoms with E-state index in [0.717, 1.165) is 5.56 Å². The third-order valence-corrected chi connectivity index (χ3v) is 5.24. The van der Waals surface area contributed by atoms with Gasteiger partial charge in [-0.05, 0) is 48.1 Å². The van der Waals surface area contributed by atoms with Crippen LogP contribution in [0.4, 0.5) is 0 Å². The van der Waals surface area contributed by atoms with E-state index in [1.54, 1.807) is 18.2 Å². The Labute approximate surface area is 187 Å². The molecule has 1 fully saturated rings. The molecule has 4 rings (SSSR count). The van der Waals surface area contributed by atoms with Crippen molar-refractivity contribution in [3.05, 3.63) is 83.1 Å². The molecule has 0 bridgehead atoms. The molecule has 160 valence electrons. The Morgan fingerprint density at radius 2 is 1.81 bits per heavy atom. The van der Waals surface area contributed by atoms with Gasteiger partial charge in [-0.15, -0.1) is 0 Å². The number of hydrogen-bond donors (Lipinski definition) is 4. The van der Waals surface area contributed by atoms with Crippen LogP contribution in [0.25, 0.3) is 17.3 Å². The van der Waals surface area contributed by atoms with Crippen molar-refractivity contribution in [2.45, 2.75) is 6.54 Å². The molecule has 0 aliphatic carbocycles. The van der Waals surface area contributed by atoms with Gasteiger partial charge < -0.3 is 15.2 Å². The van der Waals surface area contributed by atoms with Crippen molar-refractivity contribution in [3.8, 4) is 17.0 Å². The molecule has 1 aliphatic heterocycles. The van der Waals surface area contributed by atoms with E-state index >= 15 is 0 Å². The molecular formula is C23H17N3O5S. The number of nitrogens with one attached hydrogen (secondary N) is 2. The number of aromatic hydroxyl groups is 1. The van der Waals surface area contributed by atoms with Crippen molar-refractivity contribution in [3.63, 3.8) is 0 Å². The lowest BCUT2D eigenvalue weighted by atomic mass is 10.1. The van der Waals surface area contributed by atoms with Gasteiger partial charge >= 0.3 is 5.97 Å². The Balaban J connectivity index is 1.60. The second-order valence-electron chi connectivity index (χ2n) is 7.06. The number of aromatic carboxylic acids is 1. The normalized spacial score (nSPS) is 15.2. The monoisotopic (exact) mass is 447 g/mol. The van der Waals surface area contributed by atoms with Crippen LogP contribution in [0.1, 0.15) is 21.6 Å². The Morgan fingerprint density at radius 1 is 1.06 bits per heavy atom. The second-order valence-corrected chi connectivity index (χ2v) is 7.45. The summed E-state index contributed by atoms with van der Waals surface area (Å²) in [7, 11) is 0. The number of carbonyl (C=O) groups is 3.